The summed E-state index contributed by atoms with van der Waals surface area (Å²) in [6.07, 6.45) is 3.04. The Morgan fingerprint density at radius 1 is 1.30 bits per heavy atom. The van der Waals surface area contributed by atoms with Gasteiger partial charge in [0.2, 0.25) is 10.0 Å². The second-order valence-corrected chi connectivity index (χ2v) is 6.97. The number of nitro benzene ring substituents is 1. The molecule has 2 rings (SSSR count). The number of nitro groups is 1. The molecule has 7 nitrogen and oxygen atoms in total. The fourth-order valence-electron chi connectivity index (χ4n) is 1.99. The Morgan fingerprint density at radius 3 is 2.48 bits per heavy atom. The van der Waals surface area contributed by atoms with Gasteiger partial charge in [0.25, 0.3) is 5.69 Å². The van der Waals surface area contributed by atoms with Crippen LogP contribution in [0.15, 0.2) is 41.6 Å². The first kappa shape index (κ1) is 17.0. The van der Waals surface area contributed by atoms with Crippen molar-refractivity contribution in [2.45, 2.75) is 18.4 Å². The molecule has 0 amide bonds. The Labute approximate surface area is 132 Å². The number of rotatable bonds is 5. The van der Waals surface area contributed by atoms with Crippen LogP contribution in [0.2, 0.25) is 0 Å². The molecule has 23 heavy (non-hydrogen) atoms. The van der Waals surface area contributed by atoms with Crippen molar-refractivity contribution in [2.24, 2.45) is 0 Å². The Morgan fingerprint density at radius 2 is 1.91 bits per heavy atom. The Kier molecular flexibility index (Phi) is 4.71. The number of benzene rings is 1. The maximum atomic E-state index is 13.8. The summed E-state index contributed by atoms with van der Waals surface area (Å²) < 4.78 is 39.8. The maximum absolute atomic E-state index is 13.8. The molecular weight excluding hydrogens is 325 g/mol. The lowest BCUT2D eigenvalue weighted by Gasteiger charge is -2.17. The van der Waals surface area contributed by atoms with Crippen LogP contribution in [0.1, 0.15) is 11.1 Å². The number of nitrogens with zero attached hydrogens (tertiary/aromatic N) is 3. The molecule has 9 heteroatoms. The molecule has 0 bridgehead atoms. The highest BCUT2D eigenvalue weighted by Gasteiger charge is 2.26. The maximum Gasteiger partial charge on any atom is 0.276 e. The summed E-state index contributed by atoms with van der Waals surface area (Å²) >= 11 is 0. The van der Waals surface area contributed by atoms with Gasteiger partial charge in [0.1, 0.15) is 5.82 Å². The largest absolute Gasteiger partial charge is 0.276 e. The highest BCUT2D eigenvalue weighted by molar-refractivity contribution is 7.89. The number of hydrogen-bond acceptors (Lipinski definition) is 5. The molecule has 0 unspecified atom stereocenters. The first-order valence-electron chi connectivity index (χ1n) is 6.53. The molecule has 0 radical (unpaired) electrons. The van der Waals surface area contributed by atoms with Crippen molar-refractivity contribution in [1.82, 2.24) is 9.29 Å². The van der Waals surface area contributed by atoms with Crippen LogP contribution in [-0.4, -0.2) is 29.7 Å². The standard InChI is InChI=1S/C14H14FN3O4S/c1-10-13(15)7-12(8-14(10)18(19)20)23(21,22)17(2)9-11-3-5-16-6-4-11/h3-8H,9H2,1-2H3. The van der Waals surface area contributed by atoms with Crippen LogP contribution in [0.4, 0.5) is 10.1 Å². The van der Waals surface area contributed by atoms with E-state index in [2.05, 4.69) is 4.98 Å². The predicted molar refractivity (Wildman–Crippen MR) is 80.7 cm³/mol. The molecule has 2 aromatic rings. The van der Waals surface area contributed by atoms with Gasteiger partial charge < -0.3 is 0 Å². The van der Waals surface area contributed by atoms with Crippen molar-refractivity contribution >= 4 is 15.7 Å². The predicted octanol–water partition coefficient (Wildman–Crippen LogP) is 2.26. The molecule has 0 aliphatic carbocycles. The van der Waals surface area contributed by atoms with E-state index in [0.717, 1.165) is 16.4 Å². The quantitative estimate of drug-likeness (QED) is 0.615. The molecule has 0 fully saturated rings. The number of hydrogen-bond donors (Lipinski definition) is 0. The number of aromatic nitrogens is 1. The average molecular weight is 339 g/mol. The van der Waals surface area contributed by atoms with E-state index < -0.39 is 31.3 Å². The molecule has 0 aliphatic rings. The van der Waals surface area contributed by atoms with Crippen LogP contribution < -0.4 is 0 Å². The molecule has 122 valence electrons. The van der Waals surface area contributed by atoms with E-state index in [-0.39, 0.29) is 12.1 Å². The fraction of sp³-hybridized carbons (Fsp3) is 0.214. The number of pyridine rings is 1. The third kappa shape index (κ3) is 3.51. The lowest BCUT2D eigenvalue weighted by Crippen LogP contribution is -2.26. The molecule has 0 spiro atoms. The highest BCUT2D eigenvalue weighted by Crippen LogP contribution is 2.27. The van der Waals surface area contributed by atoms with Gasteiger partial charge in [-0.25, -0.2) is 12.8 Å². The van der Waals surface area contributed by atoms with Crippen molar-refractivity contribution in [1.29, 1.82) is 0 Å². The summed E-state index contributed by atoms with van der Waals surface area (Å²) in [4.78, 5) is 13.5. The van der Waals surface area contributed by atoms with E-state index >= 15 is 0 Å². The minimum absolute atomic E-state index is 0.0359. The highest BCUT2D eigenvalue weighted by atomic mass is 32.2. The summed E-state index contributed by atoms with van der Waals surface area (Å²) in [6, 6.07) is 4.95. The fourth-order valence-corrected chi connectivity index (χ4v) is 3.18. The van der Waals surface area contributed by atoms with Gasteiger partial charge in [-0.05, 0) is 30.7 Å². The average Bonchev–Trinajstić information content (AvgIpc) is 2.50. The summed E-state index contributed by atoms with van der Waals surface area (Å²) in [5, 5.41) is 10.9. The van der Waals surface area contributed by atoms with Gasteiger partial charge in [-0.15, -0.1) is 0 Å². The van der Waals surface area contributed by atoms with Crippen molar-refractivity contribution < 1.29 is 17.7 Å². The van der Waals surface area contributed by atoms with Gasteiger partial charge in [0, 0.05) is 32.1 Å². The monoisotopic (exact) mass is 339 g/mol. The zero-order valence-electron chi connectivity index (χ0n) is 12.4. The van der Waals surface area contributed by atoms with Gasteiger partial charge in [0.15, 0.2) is 0 Å². The summed E-state index contributed by atoms with van der Waals surface area (Å²) in [5.74, 6) is -0.935. The van der Waals surface area contributed by atoms with Gasteiger partial charge in [-0.1, -0.05) is 0 Å². The van der Waals surface area contributed by atoms with E-state index in [1.165, 1.54) is 26.4 Å². The Bertz CT molecular complexity index is 841. The normalized spacial score (nSPS) is 11.7. The van der Waals surface area contributed by atoms with Gasteiger partial charge in [-0.3, -0.25) is 15.1 Å². The van der Waals surface area contributed by atoms with E-state index in [0.29, 0.717) is 5.56 Å². The zero-order chi connectivity index (χ0) is 17.2. The summed E-state index contributed by atoms with van der Waals surface area (Å²) in [5.41, 5.74) is -0.0835. The van der Waals surface area contributed by atoms with E-state index in [1.54, 1.807) is 12.1 Å². The van der Waals surface area contributed by atoms with Crippen LogP contribution in [0.3, 0.4) is 0 Å². The number of halogens is 1. The van der Waals surface area contributed by atoms with Crippen LogP contribution >= 0.6 is 0 Å². The minimum Gasteiger partial charge on any atom is -0.265 e. The molecule has 1 heterocycles. The van der Waals surface area contributed by atoms with Crippen molar-refractivity contribution in [3.05, 3.63) is 63.7 Å². The van der Waals surface area contributed by atoms with Crippen molar-refractivity contribution in [3.8, 4) is 0 Å². The molecule has 1 aromatic heterocycles. The van der Waals surface area contributed by atoms with Crippen LogP contribution in [0.25, 0.3) is 0 Å². The van der Waals surface area contributed by atoms with Gasteiger partial charge in [-0.2, -0.15) is 4.31 Å². The molecule has 0 saturated heterocycles. The third-order valence-electron chi connectivity index (χ3n) is 3.35. The Balaban J connectivity index is 2.41. The van der Waals surface area contributed by atoms with Crippen LogP contribution in [0, 0.1) is 22.9 Å². The lowest BCUT2D eigenvalue weighted by atomic mass is 10.2. The van der Waals surface area contributed by atoms with Crippen LogP contribution in [-0.2, 0) is 16.6 Å². The summed E-state index contributed by atoms with van der Waals surface area (Å²) in [7, 11) is -2.75. The zero-order valence-corrected chi connectivity index (χ0v) is 13.2. The van der Waals surface area contributed by atoms with E-state index in [4.69, 9.17) is 0 Å². The molecule has 1 aromatic carbocycles. The SMILES string of the molecule is Cc1c(F)cc(S(=O)(=O)N(C)Cc2ccncc2)cc1[N+](=O)[O-]. The molecule has 0 aliphatic heterocycles. The third-order valence-corrected chi connectivity index (χ3v) is 5.13. The molecular formula is C14H14FN3O4S. The van der Waals surface area contributed by atoms with E-state index in [1.807, 2.05) is 0 Å². The second-order valence-electron chi connectivity index (χ2n) is 4.92. The van der Waals surface area contributed by atoms with E-state index in [9.17, 15) is 22.9 Å². The summed E-state index contributed by atoms with van der Waals surface area (Å²) in [6.45, 7) is 1.26. The van der Waals surface area contributed by atoms with Crippen LogP contribution in [0.5, 0.6) is 0 Å². The van der Waals surface area contributed by atoms with Crippen molar-refractivity contribution in [2.75, 3.05) is 7.05 Å². The first-order chi connectivity index (χ1) is 10.7. The van der Waals surface area contributed by atoms with Crippen molar-refractivity contribution in [3.63, 3.8) is 0 Å². The van der Waals surface area contributed by atoms with Gasteiger partial charge in [0.05, 0.1) is 15.4 Å². The van der Waals surface area contributed by atoms with Gasteiger partial charge >= 0.3 is 0 Å². The lowest BCUT2D eigenvalue weighted by molar-refractivity contribution is -0.385. The molecule has 0 saturated carbocycles. The number of sulfonamides is 1. The second kappa shape index (κ2) is 6.39. The smallest absolute Gasteiger partial charge is 0.265 e. The topological polar surface area (TPSA) is 93.4 Å². The minimum atomic E-state index is -4.06. The molecule has 0 N–H and O–H groups in total. The first-order valence-corrected chi connectivity index (χ1v) is 7.97. The molecule has 0 atom stereocenters. The Hall–Kier alpha value is -2.39.